The molecule has 0 spiro atoms. The minimum absolute atomic E-state index is 0.0477. The van der Waals surface area contributed by atoms with Crippen molar-refractivity contribution in [1.82, 2.24) is 0 Å². The van der Waals surface area contributed by atoms with Gasteiger partial charge in [0.05, 0.1) is 6.42 Å². The van der Waals surface area contributed by atoms with Crippen molar-refractivity contribution >= 4 is 22.9 Å². The van der Waals surface area contributed by atoms with Gasteiger partial charge in [0.2, 0.25) is 5.91 Å². The standard InChI is InChI=1S/C13H13NO2S/c1-9-6-11(2-3-12(9)15)14-13(16)7-10-4-5-17-8-10/h2-6,8,15H,7H2,1H3,(H,14,16). The SMILES string of the molecule is Cc1cc(NC(=O)Cc2ccsc2)ccc1O. The van der Waals surface area contributed by atoms with E-state index in [1.54, 1.807) is 36.5 Å². The van der Waals surface area contributed by atoms with Gasteiger partial charge in [0.15, 0.2) is 0 Å². The van der Waals surface area contributed by atoms with Crippen LogP contribution >= 0.6 is 11.3 Å². The van der Waals surface area contributed by atoms with Gasteiger partial charge < -0.3 is 10.4 Å². The van der Waals surface area contributed by atoms with E-state index in [9.17, 15) is 9.90 Å². The lowest BCUT2D eigenvalue weighted by atomic mass is 10.2. The lowest BCUT2D eigenvalue weighted by molar-refractivity contribution is -0.115. The van der Waals surface area contributed by atoms with Gasteiger partial charge in [-0.05, 0) is 53.1 Å². The number of hydrogen-bond donors (Lipinski definition) is 2. The van der Waals surface area contributed by atoms with Crippen LogP contribution in [-0.4, -0.2) is 11.0 Å². The minimum atomic E-state index is -0.0477. The van der Waals surface area contributed by atoms with Gasteiger partial charge in [-0.1, -0.05) is 0 Å². The Bertz CT molecular complexity index is 520. The van der Waals surface area contributed by atoms with Crippen LogP contribution in [0, 0.1) is 6.92 Å². The summed E-state index contributed by atoms with van der Waals surface area (Å²) in [6.45, 7) is 1.80. The molecule has 1 aromatic carbocycles. The predicted octanol–water partition coefficient (Wildman–Crippen LogP) is 2.94. The molecule has 0 aliphatic rings. The molecule has 0 unspecified atom stereocenters. The number of thiophene rings is 1. The molecular formula is C13H13NO2S. The highest BCUT2D eigenvalue weighted by molar-refractivity contribution is 7.08. The van der Waals surface area contributed by atoms with Crippen molar-refractivity contribution in [2.45, 2.75) is 13.3 Å². The van der Waals surface area contributed by atoms with E-state index in [0.717, 1.165) is 11.1 Å². The second-order valence-electron chi connectivity index (χ2n) is 3.86. The van der Waals surface area contributed by atoms with Crippen LogP contribution in [0.2, 0.25) is 0 Å². The van der Waals surface area contributed by atoms with Crippen LogP contribution in [0.15, 0.2) is 35.0 Å². The number of rotatable bonds is 3. The summed E-state index contributed by atoms with van der Waals surface area (Å²) < 4.78 is 0. The fourth-order valence-electron chi connectivity index (χ4n) is 1.52. The highest BCUT2D eigenvalue weighted by Gasteiger charge is 2.05. The average Bonchev–Trinajstić information content (AvgIpc) is 2.76. The van der Waals surface area contributed by atoms with Gasteiger partial charge in [-0.3, -0.25) is 4.79 Å². The molecule has 1 amide bonds. The van der Waals surface area contributed by atoms with Gasteiger partial charge in [0, 0.05) is 5.69 Å². The maximum Gasteiger partial charge on any atom is 0.228 e. The fourth-order valence-corrected chi connectivity index (χ4v) is 2.19. The molecule has 0 aliphatic carbocycles. The number of benzene rings is 1. The maximum atomic E-state index is 11.7. The molecule has 0 bridgehead atoms. The maximum absolute atomic E-state index is 11.7. The molecule has 2 aromatic rings. The van der Waals surface area contributed by atoms with Crippen molar-refractivity contribution in [2.24, 2.45) is 0 Å². The summed E-state index contributed by atoms with van der Waals surface area (Å²) in [4.78, 5) is 11.7. The van der Waals surface area contributed by atoms with Crippen molar-refractivity contribution in [1.29, 1.82) is 0 Å². The van der Waals surface area contributed by atoms with Crippen molar-refractivity contribution in [3.8, 4) is 5.75 Å². The third-order valence-corrected chi connectivity index (χ3v) is 3.16. The molecule has 0 saturated carbocycles. The lowest BCUT2D eigenvalue weighted by Crippen LogP contribution is -2.13. The monoisotopic (exact) mass is 247 g/mol. The molecule has 1 aromatic heterocycles. The molecule has 0 atom stereocenters. The lowest BCUT2D eigenvalue weighted by Gasteiger charge is -2.06. The molecule has 0 fully saturated rings. The molecule has 2 N–H and O–H groups in total. The zero-order chi connectivity index (χ0) is 12.3. The molecule has 2 rings (SSSR count). The normalized spacial score (nSPS) is 10.2. The first-order chi connectivity index (χ1) is 8.15. The summed E-state index contributed by atoms with van der Waals surface area (Å²) in [6, 6.07) is 6.95. The summed E-state index contributed by atoms with van der Waals surface area (Å²) in [7, 11) is 0. The molecule has 88 valence electrons. The Hall–Kier alpha value is -1.81. The molecule has 17 heavy (non-hydrogen) atoms. The topological polar surface area (TPSA) is 49.3 Å². The van der Waals surface area contributed by atoms with E-state index >= 15 is 0 Å². The first-order valence-electron chi connectivity index (χ1n) is 5.25. The second kappa shape index (κ2) is 5.01. The minimum Gasteiger partial charge on any atom is -0.508 e. The summed E-state index contributed by atoms with van der Waals surface area (Å²) in [5, 5.41) is 16.1. The van der Waals surface area contributed by atoms with Crippen LogP contribution in [0.25, 0.3) is 0 Å². The number of amides is 1. The van der Waals surface area contributed by atoms with Gasteiger partial charge in [-0.2, -0.15) is 11.3 Å². The van der Waals surface area contributed by atoms with Crippen LogP contribution in [0.4, 0.5) is 5.69 Å². The second-order valence-corrected chi connectivity index (χ2v) is 4.64. The van der Waals surface area contributed by atoms with Gasteiger partial charge in [0.25, 0.3) is 0 Å². The molecular weight excluding hydrogens is 234 g/mol. The summed E-state index contributed by atoms with van der Waals surface area (Å²) >= 11 is 1.58. The van der Waals surface area contributed by atoms with E-state index in [-0.39, 0.29) is 11.7 Å². The first kappa shape index (κ1) is 11.7. The van der Waals surface area contributed by atoms with Crippen LogP contribution < -0.4 is 5.32 Å². The predicted molar refractivity (Wildman–Crippen MR) is 69.5 cm³/mol. The summed E-state index contributed by atoms with van der Waals surface area (Å²) in [5.74, 6) is 0.189. The van der Waals surface area contributed by atoms with Crippen LogP contribution in [0.1, 0.15) is 11.1 Å². The van der Waals surface area contributed by atoms with Gasteiger partial charge in [0.1, 0.15) is 5.75 Å². The quantitative estimate of drug-likeness (QED) is 0.819. The number of phenols is 1. The van der Waals surface area contributed by atoms with Crippen molar-refractivity contribution in [3.05, 3.63) is 46.2 Å². The third-order valence-electron chi connectivity index (χ3n) is 2.43. The third kappa shape index (κ3) is 3.07. The van der Waals surface area contributed by atoms with E-state index < -0.39 is 0 Å². The molecule has 3 nitrogen and oxygen atoms in total. The Labute approximate surface area is 104 Å². The van der Waals surface area contributed by atoms with Crippen molar-refractivity contribution in [3.63, 3.8) is 0 Å². The number of aryl methyl sites for hydroxylation is 1. The van der Waals surface area contributed by atoms with Gasteiger partial charge in [-0.15, -0.1) is 0 Å². The van der Waals surface area contributed by atoms with Crippen LogP contribution in [-0.2, 0) is 11.2 Å². The Balaban J connectivity index is 2.00. The number of aromatic hydroxyl groups is 1. The highest BCUT2D eigenvalue weighted by Crippen LogP contribution is 2.20. The molecule has 0 radical (unpaired) electrons. The van der Waals surface area contributed by atoms with E-state index in [1.165, 1.54) is 0 Å². The van der Waals surface area contributed by atoms with Gasteiger partial charge in [-0.25, -0.2) is 0 Å². The Morgan fingerprint density at radius 1 is 1.41 bits per heavy atom. The van der Waals surface area contributed by atoms with Crippen LogP contribution in [0.5, 0.6) is 5.75 Å². The number of hydrogen-bond acceptors (Lipinski definition) is 3. The Kier molecular flexibility index (Phi) is 3.44. The average molecular weight is 247 g/mol. The number of phenolic OH excluding ortho intramolecular Hbond substituents is 1. The number of nitrogens with one attached hydrogen (secondary N) is 1. The van der Waals surface area contributed by atoms with E-state index in [2.05, 4.69) is 5.32 Å². The number of anilines is 1. The Morgan fingerprint density at radius 3 is 2.88 bits per heavy atom. The van der Waals surface area contributed by atoms with E-state index in [0.29, 0.717) is 12.1 Å². The molecule has 0 aliphatic heterocycles. The van der Waals surface area contributed by atoms with Crippen molar-refractivity contribution < 1.29 is 9.90 Å². The Morgan fingerprint density at radius 2 is 2.24 bits per heavy atom. The van der Waals surface area contributed by atoms with E-state index in [4.69, 9.17) is 0 Å². The summed E-state index contributed by atoms with van der Waals surface area (Å²) in [5.41, 5.74) is 2.47. The molecule has 4 heteroatoms. The number of carbonyl (C=O) groups excluding carboxylic acids is 1. The zero-order valence-electron chi connectivity index (χ0n) is 9.43. The highest BCUT2D eigenvalue weighted by atomic mass is 32.1. The largest absolute Gasteiger partial charge is 0.508 e. The smallest absolute Gasteiger partial charge is 0.228 e. The van der Waals surface area contributed by atoms with Crippen molar-refractivity contribution in [2.75, 3.05) is 5.32 Å². The molecule has 0 saturated heterocycles. The zero-order valence-corrected chi connectivity index (χ0v) is 10.3. The molecule has 1 heterocycles. The fraction of sp³-hybridized carbons (Fsp3) is 0.154. The first-order valence-corrected chi connectivity index (χ1v) is 6.20. The summed E-state index contributed by atoms with van der Waals surface area (Å²) in [6.07, 6.45) is 0.378. The van der Waals surface area contributed by atoms with E-state index in [1.807, 2.05) is 16.8 Å². The van der Waals surface area contributed by atoms with Crippen LogP contribution in [0.3, 0.4) is 0 Å². The number of carbonyl (C=O) groups is 1. The van der Waals surface area contributed by atoms with Gasteiger partial charge >= 0.3 is 0 Å².